The predicted octanol–water partition coefficient (Wildman–Crippen LogP) is 9.42. The van der Waals surface area contributed by atoms with Gasteiger partial charge in [-0.05, 0) is 53.6 Å². The van der Waals surface area contributed by atoms with Gasteiger partial charge in [-0.15, -0.1) is 23.1 Å². The fourth-order valence-electron chi connectivity index (χ4n) is 3.97. The lowest BCUT2D eigenvalue weighted by atomic mass is 10.1. The Morgan fingerprint density at radius 2 is 1.61 bits per heavy atom. The highest BCUT2D eigenvalue weighted by Crippen LogP contribution is 2.38. The molecule has 1 unspecified atom stereocenters. The number of benzene rings is 4. The zero-order chi connectivity index (χ0) is 28.8. The number of hydrogen-bond acceptors (Lipinski definition) is 5. The van der Waals surface area contributed by atoms with Gasteiger partial charge in [0.15, 0.2) is 5.13 Å². The maximum atomic E-state index is 13.6. The molecule has 0 saturated carbocycles. The maximum Gasteiger partial charge on any atom is 0.244 e. The van der Waals surface area contributed by atoms with Gasteiger partial charge in [-0.25, -0.2) is 4.98 Å². The number of thiazole rings is 1. The predicted molar refractivity (Wildman–Crippen MR) is 171 cm³/mol. The van der Waals surface area contributed by atoms with Gasteiger partial charge in [0.25, 0.3) is 0 Å². The quantitative estimate of drug-likeness (QED) is 0.158. The van der Waals surface area contributed by atoms with E-state index >= 15 is 0 Å². The van der Waals surface area contributed by atoms with Crippen LogP contribution >= 0.6 is 57.9 Å². The minimum atomic E-state index is -0.562. The van der Waals surface area contributed by atoms with E-state index in [1.54, 1.807) is 24.3 Å². The molecule has 4 aromatic carbocycles. The van der Waals surface area contributed by atoms with Crippen molar-refractivity contribution in [1.29, 1.82) is 0 Å². The molecule has 1 aromatic heterocycles. The van der Waals surface area contributed by atoms with Crippen molar-refractivity contribution in [3.63, 3.8) is 0 Å². The third-order valence-corrected chi connectivity index (χ3v) is 8.94. The first-order valence-corrected chi connectivity index (χ1v) is 15.3. The second-order valence-corrected chi connectivity index (χ2v) is 12.2. The Kier molecular flexibility index (Phi) is 9.64. The molecule has 2 amide bonds. The van der Waals surface area contributed by atoms with Crippen molar-refractivity contribution in [2.75, 3.05) is 10.6 Å². The van der Waals surface area contributed by atoms with E-state index in [1.165, 1.54) is 23.1 Å². The molecule has 0 aliphatic heterocycles. The van der Waals surface area contributed by atoms with E-state index in [1.807, 2.05) is 78.2 Å². The van der Waals surface area contributed by atoms with Gasteiger partial charge in [0.05, 0.1) is 22.2 Å². The monoisotopic (exact) mass is 637 g/mol. The molecule has 5 aromatic rings. The highest BCUT2D eigenvalue weighted by Gasteiger charge is 2.23. The molecule has 0 radical (unpaired) electrons. The number of halogens is 3. The first-order valence-electron chi connectivity index (χ1n) is 12.4. The van der Waals surface area contributed by atoms with Crippen LogP contribution in [0.5, 0.6) is 0 Å². The Balaban J connectivity index is 1.30. The van der Waals surface area contributed by atoms with Crippen LogP contribution in [0.2, 0.25) is 15.1 Å². The lowest BCUT2D eigenvalue weighted by Crippen LogP contribution is -2.19. The summed E-state index contributed by atoms with van der Waals surface area (Å²) in [6, 6.07) is 29.4. The van der Waals surface area contributed by atoms with Gasteiger partial charge < -0.3 is 10.6 Å². The van der Waals surface area contributed by atoms with Gasteiger partial charge in [0.1, 0.15) is 5.25 Å². The summed E-state index contributed by atoms with van der Waals surface area (Å²) in [5, 5.41) is 9.20. The van der Waals surface area contributed by atoms with Crippen LogP contribution in [0, 0.1) is 0 Å². The van der Waals surface area contributed by atoms with Crippen LogP contribution in [0.1, 0.15) is 16.4 Å². The molecule has 0 saturated heterocycles. The van der Waals surface area contributed by atoms with E-state index < -0.39 is 5.25 Å². The Morgan fingerprint density at radius 3 is 2.37 bits per heavy atom. The topological polar surface area (TPSA) is 71.1 Å². The third-order valence-electron chi connectivity index (χ3n) is 5.94. The lowest BCUT2D eigenvalue weighted by Gasteiger charge is -2.17. The SMILES string of the molecule is O=C(Cc1ccc(Cl)cc1)Nc1cccc(SC(C(=O)Nc2nc(-c3ccc(Cl)c(Cl)c3)cs2)c2ccccc2)c1. The smallest absolute Gasteiger partial charge is 0.244 e. The Bertz CT molecular complexity index is 1680. The van der Waals surface area contributed by atoms with Crippen LogP contribution in [-0.2, 0) is 16.0 Å². The maximum absolute atomic E-state index is 13.6. The molecule has 2 N–H and O–H groups in total. The molecule has 1 heterocycles. The Morgan fingerprint density at radius 1 is 0.829 bits per heavy atom. The van der Waals surface area contributed by atoms with Crippen LogP contribution < -0.4 is 10.6 Å². The van der Waals surface area contributed by atoms with Crippen LogP contribution in [0.3, 0.4) is 0 Å². The van der Waals surface area contributed by atoms with E-state index in [-0.39, 0.29) is 18.2 Å². The highest BCUT2D eigenvalue weighted by atomic mass is 35.5. The minimum Gasteiger partial charge on any atom is -0.326 e. The number of nitrogens with zero attached hydrogens (tertiary/aromatic N) is 1. The van der Waals surface area contributed by atoms with Crippen molar-refractivity contribution >= 4 is 80.5 Å². The van der Waals surface area contributed by atoms with Crippen LogP contribution in [0.4, 0.5) is 10.8 Å². The van der Waals surface area contributed by atoms with Gasteiger partial charge >= 0.3 is 0 Å². The van der Waals surface area contributed by atoms with E-state index in [0.717, 1.165) is 21.6 Å². The van der Waals surface area contributed by atoms with Crippen LogP contribution in [0.25, 0.3) is 11.3 Å². The number of rotatable bonds is 9. The van der Waals surface area contributed by atoms with Gasteiger partial charge in [-0.2, -0.15) is 0 Å². The molecule has 5 nitrogen and oxygen atoms in total. The number of aromatic nitrogens is 1. The molecule has 206 valence electrons. The average Bonchev–Trinajstić information content (AvgIpc) is 3.43. The summed E-state index contributed by atoms with van der Waals surface area (Å²) in [4.78, 5) is 31.6. The summed E-state index contributed by atoms with van der Waals surface area (Å²) < 4.78 is 0. The lowest BCUT2D eigenvalue weighted by molar-refractivity contribution is -0.116. The zero-order valence-corrected chi connectivity index (χ0v) is 25.2. The second kappa shape index (κ2) is 13.6. The van der Waals surface area contributed by atoms with Gasteiger partial charge in [-0.1, -0.05) is 89.4 Å². The normalized spacial score (nSPS) is 11.6. The number of nitrogens with one attached hydrogen (secondary N) is 2. The molecule has 0 aliphatic carbocycles. The summed E-state index contributed by atoms with van der Waals surface area (Å²) in [7, 11) is 0. The fraction of sp³-hybridized carbons (Fsp3) is 0.0645. The summed E-state index contributed by atoms with van der Waals surface area (Å²) in [6.07, 6.45) is 0.224. The summed E-state index contributed by atoms with van der Waals surface area (Å²) in [5.74, 6) is -0.359. The van der Waals surface area contributed by atoms with E-state index in [2.05, 4.69) is 15.6 Å². The Labute approximate surface area is 260 Å². The van der Waals surface area contributed by atoms with Gasteiger partial charge in [0.2, 0.25) is 11.8 Å². The summed E-state index contributed by atoms with van der Waals surface area (Å²) in [6.45, 7) is 0. The number of carbonyl (C=O) groups is 2. The Hall–Kier alpha value is -3.33. The standard InChI is InChI=1S/C31H22Cl3N3O2S2/c32-22-12-9-19(10-13-22)15-28(38)35-23-7-4-8-24(17-23)41-29(20-5-2-1-3-6-20)30(39)37-31-36-27(18-40-31)21-11-14-25(33)26(34)16-21/h1-14,16-18,29H,15H2,(H,35,38)(H,36,37,39). The van der Waals surface area contributed by atoms with Crippen molar-refractivity contribution in [3.05, 3.63) is 129 Å². The number of anilines is 2. The average molecular weight is 639 g/mol. The fourth-order valence-corrected chi connectivity index (χ4v) is 6.20. The molecule has 10 heteroatoms. The molecule has 5 rings (SSSR count). The first kappa shape index (κ1) is 29.2. The molecular formula is C31H22Cl3N3O2S2. The molecule has 0 bridgehead atoms. The van der Waals surface area contributed by atoms with Crippen molar-refractivity contribution in [3.8, 4) is 11.3 Å². The van der Waals surface area contributed by atoms with Crippen LogP contribution in [0.15, 0.2) is 107 Å². The number of hydrogen-bond donors (Lipinski definition) is 2. The van der Waals surface area contributed by atoms with Crippen LogP contribution in [-0.4, -0.2) is 16.8 Å². The number of amides is 2. The largest absolute Gasteiger partial charge is 0.326 e. The molecule has 0 aliphatic rings. The number of carbonyl (C=O) groups excluding carboxylic acids is 2. The molecular weight excluding hydrogens is 617 g/mol. The van der Waals surface area contributed by atoms with E-state index in [4.69, 9.17) is 34.8 Å². The number of thioether (sulfide) groups is 1. The van der Waals surface area contributed by atoms with Crippen molar-refractivity contribution in [1.82, 2.24) is 4.98 Å². The summed E-state index contributed by atoms with van der Waals surface area (Å²) >= 11 is 20.9. The van der Waals surface area contributed by atoms with E-state index in [0.29, 0.717) is 31.6 Å². The molecule has 0 spiro atoms. The van der Waals surface area contributed by atoms with Gasteiger partial charge in [-0.3, -0.25) is 9.59 Å². The van der Waals surface area contributed by atoms with Crippen molar-refractivity contribution in [2.45, 2.75) is 16.6 Å². The second-order valence-electron chi connectivity index (χ2n) is 8.94. The van der Waals surface area contributed by atoms with Crippen molar-refractivity contribution < 1.29 is 9.59 Å². The highest BCUT2D eigenvalue weighted by molar-refractivity contribution is 8.00. The minimum absolute atomic E-state index is 0.145. The van der Waals surface area contributed by atoms with E-state index in [9.17, 15) is 9.59 Å². The molecule has 1 atom stereocenters. The summed E-state index contributed by atoms with van der Waals surface area (Å²) in [5.41, 5.74) is 3.85. The third kappa shape index (κ3) is 7.91. The van der Waals surface area contributed by atoms with Gasteiger partial charge in [0, 0.05) is 26.5 Å². The van der Waals surface area contributed by atoms with Crippen molar-refractivity contribution in [2.24, 2.45) is 0 Å². The molecule has 41 heavy (non-hydrogen) atoms. The zero-order valence-electron chi connectivity index (χ0n) is 21.3. The molecule has 0 fully saturated rings. The first-order chi connectivity index (χ1) is 19.8.